The first-order chi connectivity index (χ1) is 12.7. The molecule has 0 amide bonds. The van der Waals surface area contributed by atoms with Crippen LogP contribution in [-0.4, -0.2) is 14.7 Å². The molecule has 0 saturated heterocycles. The molecule has 130 valence electrons. The van der Waals surface area contributed by atoms with Gasteiger partial charge in [-0.2, -0.15) is 0 Å². The Morgan fingerprint density at radius 1 is 1.00 bits per heavy atom. The van der Waals surface area contributed by atoms with Gasteiger partial charge in [-0.15, -0.1) is 0 Å². The Labute approximate surface area is 153 Å². The zero-order valence-corrected chi connectivity index (χ0v) is 15.0. The fraction of sp³-hybridized carbons (Fsp3) is 0.182. The Kier molecular flexibility index (Phi) is 4.40. The topological polar surface area (TPSA) is 43.9 Å². The van der Waals surface area contributed by atoms with Crippen molar-refractivity contribution in [2.75, 3.05) is 0 Å². The molecule has 4 rings (SSSR count). The van der Waals surface area contributed by atoms with E-state index in [1.165, 1.54) is 5.56 Å². The molecule has 26 heavy (non-hydrogen) atoms. The number of aryl methyl sites for hydroxylation is 1. The molecule has 1 unspecified atom stereocenters. The number of hydrogen-bond acceptors (Lipinski definition) is 3. The molecule has 2 aromatic carbocycles. The summed E-state index contributed by atoms with van der Waals surface area (Å²) in [6.07, 6.45) is 3.89. The van der Waals surface area contributed by atoms with E-state index >= 15 is 0 Å². The summed E-state index contributed by atoms with van der Waals surface area (Å²) in [6.45, 7) is 4.95. The summed E-state index contributed by atoms with van der Waals surface area (Å²) in [5.74, 6) is 1.91. The van der Waals surface area contributed by atoms with Crippen molar-refractivity contribution in [1.82, 2.24) is 14.7 Å². The number of aromatic nitrogens is 3. The molecule has 4 nitrogen and oxygen atoms in total. The zero-order chi connectivity index (χ0) is 17.9. The number of benzene rings is 2. The summed E-state index contributed by atoms with van der Waals surface area (Å²) in [7, 11) is 0. The molecule has 2 heterocycles. The molecule has 2 aromatic heterocycles. The normalized spacial score (nSPS) is 12.2. The average Bonchev–Trinajstić information content (AvgIpc) is 3.29. The van der Waals surface area contributed by atoms with Crippen molar-refractivity contribution in [2.24, 2.45) is 0 Å². The van der Waals surface area contributed by atoms with Gasteiger partial charge in [0.1, 0.15) is 5.82 Å². The molecule has 0 spiro atoms. The first kappa shape index (κ1) is 16.3. The van der Waals surface area contributed by atoms with Gasteiger partial charge in [-0.1, -0.05) is 72.7 Å². The standard InChI is InChI=1S/C22H21N3O/c1-16(20-17(2)24-26-21(20)19-11-7-4-8-12-19)22-23-13-14-25(22)15-18-9-5-3-6-10-18/h3-14,16H,15H2,1-2H3. The van der Waals surface area contributed by atoms with Crippen LogP contribution in [0.4, 0.5) is 0 Å². The van der Waals surface area contributed by atoms with Crippen molar-refractivity contribution >= 4 is 0 Å². The van der Waals surface area contributed by atoms with Crippen molar-refractivity contribution in [3.05, 3.63) is 95.7 Å². The molecule has 1 atom stereocenters. The smallest absolute Gasteiger partial charge is 0.171 e. The maximum atomic E-state index is 5.67. The second-order valence-corrected chi connectivity index (χ2v) is 6.50. The maximum Gasteiger partial charge on any atom is 0.171 e. The maximum absolute atomic E-state index is 5.67. The minimum Gasteiger partial charge on any atom is -0.356 e. The Hall–Kier alpha value is -3.14. The second kappa shape index (κ2) is 7.00. The summed E-state index contributed by atoms with van der Waals surface area (Å²) in [6, 6.07) is 20.5. The van der Waals surface area contributed by atoms with Crippen LogP contribution in [0.2, 0.25) is 0 Å². The van der Waals surface area contributed by atoms with E-state index in [9.17, 15) is 0 Å². The van der Waals surface area contributed by atoms with E-state index in [1.807, 2.05) is 55.7 Å². The van der Waals surface area contributed by atoms with E-state index < -0.39 is 0 Å². The van der Waals surface area contributed by atoms with Crippen LogP contribution in [0.5, 0.6) is 0 Å². The van der Waals surface area contributed by atoms with E-state index in [0.29, 0.717) is 0 Å². The van der Waals surface area contributed by atoms with Crippen LogP contribution in [0.15, 0.2) is 77.6 Å². The molecular formula is C22H21N3O. The lowest BCUT2D eigenvalue weighted by Gasteiger charge is -2.15. The minimum absolute atomic E-state index is 0.0789. The van der Waals surface area contributed by atoms with Crippen molar-refractivity contribution in [3.63, 3.8) is 0 Å². The van der Waals surface area contributed by atoms with Crippen LogP contribution < -0.4 is 0 Å². The monoisotopic (exact) mass is 343 g/mol. The van der Waals surface area contributed by atoms with E-state index in [0.717, 1.165) is 35.0 Å². The molecule has 0 aliphatic carbocycles. The molecule has 0 fully saturated rings. The van der Waals surface area contributed by atoms with Gasteiger partial charge in [-0.3, -0.25) is 0 Å². The van der Waals surface area contributed by atoms with Gasteiger partial charge in [-0.05, 0) is 12.5 Å². The van der Waals surface area contributed by atoms with Gasteiger partial charge in [-0.25, -0.2) is 4.98 Å². The van der Waals surface area contributed by atoms with Crippen molar-refractivity contribution in [2.45, 2.75) is 26.3 Å². The third kappa shape index (κ3) is 3.06. The predicted molar refractivity (Wildman–Crippen MR) is 102 cm³/mol. The van der Waals surface area contributed by atoms with Crippen LogP contribution >= 0.6 is 0 Å². The zero-order valence-electron chi connectivity index (χ0n) is 15.0. The highest BCUT2D eigenvalue weighted by atomic mass is 16.5. The number of imidazole rings is 1. The van der Waals surface area contributed by atoms with Crippen molar-refractivity contribution in [1.29, 1.82) is 0 Å². The van der Waals surface area contributed by atoms with Crippen LogP contribution in [0, 0.1) is 6.92 Å². The molecule has 0 aliphatic heterocycles. The molecular weight excluding hydrogens is 322 g/mol. The van der Waals surface area contributed by atoms with E-state index in [4.69, 9.17) is 4.52 Å². The Morgan fingerprint density at radius 2 is 1.69 bits per heavy atom. The van der Waals surface area contributed by atoms with Gasteiger partial charge in [0.15, 0.2) is 5.76 Å². The lowest BCUT2D eigenvalue weighted by atomic mass is 9.95. The largest absolute Gasteiger partial charge is 0.356 e. The molecule has 0 bridgehead atoms. The lowest BCUT2D eigenvalue weighted by molar-refractivity contribution is 0.426. The van der Waals surface area contributed by atoms with Crippen LogP contribution in [0.25, 0.3) is 11.3 Å². The number of rotatable bonds is 5. The highest BCUT2D eigenvalue weighted by Crippen LogP contribution is 2.35. The lowest BCUT2D eigenvalue weighted by Crippen LogP contribution is -2.09. The SMILES string of the molecule is Cc1noc(-c2ccccc2)c1C(C)c1nccn1Cc1ccccc1. The third-order valence-electron chi connectivity index (χ3n) is 4.71. The third-order valence-corrected chi connectivity index (χ3v) is 4.71. The Bertz CT molecular complexity index is 987. The van der Waals surface area contributed by atoms with Gasteiger partial charge >= 0.3 is 0 Å². The summed E-state index contributed by atoms with van der Waals surface area (Å²) < 4.78 is 7.87. The fourth-order valence-corrected chi connectivity index (χ4v) is 3.43. The van der Waals surface area contributed by atoms with Gasteiger partial charge in [0.2, 0.25) is 0 Å². The summed E-state index contributed by atoms with van der Waals surface area (Å²) >= 11 is 0. The first-order valence-corrected chi connectivity index (χ1v) is 8.80. The van der Waals surface area contributed by atoms with Gasteiger partial charge in [0.05, 0.1) is 5.69 Å². The van der Waals surface area contributed by atoms with E-state index in [1.54, 1.807) is 0 Å². The second-order valence-electron chi connectivity index (χ2n) is 6.50. The number of nitrogens with zero attached hydrogens (tertiary/aromatic N) is 3. The summed E-state index contributed by atoms with van der Waals surface area (Å²) in [5.41, 5.74) is 4.29. The molecule has 0 N–H and O–H groups in total. The number of hydrogen-bond donors (Lipinski definition) is 0. The molecule has 0 aliphatic rings. The highest BCUT2D eigenvalue weighted by Gasteiger charge is 2.24. The van der Waals surface area contributed by atoms with Gasteiger partial charge in [0.25, 0.3) is 0 Å². The highest BCUT2D eigenvalue weighted by molar-refractivity contribution is 5.63. The van der Waals surface area contributed by atoms with Crippen molar-refractivity contribution < 1.29 is 4.52 Å². The van der Waals surface area contributed by atoms with Crippen LogP contribution in [0.1, 0.15) is 35.5 Å². The molecule has 0 radical (unpaired) electrons. The summed E-state index contributed by atoms with van der Waals surface area (Å²) in [4.78, 5) is 4.64. The summed E-state index contributed by atoms with van der Waals surface area (Å²) in [5, 5.41) is 4.23. The van der Waals surface area contributed by atoms with E-state index in [2.05, 4.69) is 45.9 Å². The minimum atomic E-state index is 0.0789. The predicted octanol–water partition coefficient (Wildman–Crippen LogP) is 5.05. The quantitative estimate of drug-likeness (QED) is 0.509. The Balaban J connectivity index is 1.71. The molecule has 4 heteroatoms. The van der Waals surface area contributed by atoms with Crippen LogP contribution in [-0.2, 0) is 6.54 Å². The van der Waals surface area contributed by atoms with Gasteiger partial charge < -0.3 is 9.09 Å². The van der Waals surface area contributed by atoms with Gasteiger partial charge in [0, 0.05) is 36.0 Å². The van der Waals surface area contributed by atoms with E-state index in [-0.39, 0.29) is 5.92 Å². The average molecular weight is 343 g/mol. The molecule has 0 saturated carbocycles. The first-order valence-electron chi connectivity index (χ1n) is 8.80. The van der Waals surface area contributed by atoms with Crippen LogP contribution in [0.3, 0.4) is 0 Å². The van der Waals surface area contributed by atoms with Crippen molar-refractivity contribution in [3.8, 4) is 11.3 Å². The fourth-order valence-electron chi connectivity index (χ4n) is 3.43. The molecule has 4 aromatic rings. The Morgan fingerprint density at radius 3 is 2.42 bits per heavy atom.